The van der Waals surface area contributed by atoms with Gasteiger partial charge in [-0.3, -0.25) is 0 Å². The van der Waals surface area contributed by atoms with Crippen LogP contribution in [0.1, 0.15) is 22.8 Å². The maximum absolute atomic E-state index is 12.5. The molecule has 5 heteroatoms. The maximum atomic E-state index is 12.5. The largest absolute Gasteiger partial charge is 0.416 e. The van der Waals surface area contributed by atoms with E-state index in [4.69, 9.17) is 0 Å². The lowest BCUT2D eigenvalue weighted by Crippen LogP contribution is -2.06. The molecule has 0 aliphatic rings. The Morgan fingerprint density at radius 3 is 2.15 bits per heavy atom. The molecule has 1 unspecified atom stereocenters. The van der Waals surface area contributed by atoms with E-state index in [1.54, 1.807) is 12.1 Å². The Morgan fingerprint density at radius 2 is 1.60 bits per heavy atom. The van der Waals surface area contributed by atoms with Crippen molar-refractivity contribution < 1.29 is 18.3 Å². The second-order valence-corrected chi connectivity index (χ2v) is 5.11. The molecule has 2 aromatic rings. The molecule has 0 aliphatic heterocycles. The number of aliphatic hydroxyl groups excluding tert-OH is 1. The van der Waals surface area contributed by atoms with Crippen LogP contribution in [0.3, 0.4) is 0 Å². The number of halogens is 3. The minimum atomic E-state index is -4.36. The topological polar surface area (TPSA) is 20.2 Å². The van der Waals surface area contributed by atoms with E-state index in [0.717, 1.165) is 17.0 Å². The number of hydrogen-bond donors (Lipinski definition) is 1. The van der Waals surface area contributed by atoms with Crippen molar-refractivity contribution in [3.63, 3.8) is 0 Å². The van der Waals surface area contributed by atoms with Crippen molar-refractivity contribution >= 4 is 11.8 Å². The molecule has 2 aromatic carbocycles. The number of hydrogen-bond acceptors (Lipinski definition) is 2. The van der Waals surface area contributed by atoms with Gasteiger partial charge in [-0.25, -0.2) is 0 Å². The Bertz CT molecular complexity index is 578. The van der Waals surface area contributed by atoms with Crippen LogP contribution in [-0.4, -0.2) is 11.4 Å². The minimum absolute atomic E-state index is 0.444. The first-order valence-electron chi connectivity index (χ1n) is 5.91. The van der Waals surface area contributed by atoms with E-state index < -0.39 is 17.8 Å². The van der Waals surface area contributed by atoms with Crippen LogP contribution < -0.4 is 0 Å². The first-order valence-corrected chi connectivity index (χ1v) is 7.14. The van der Waals surface area contributed by atoms with Crippen LogP contribution in [0.25, 0.3) is 0 Å². The van der Waals surface area contributed by atoms with E-state index in [0.29, 0.717) is 11.1 Å². The summed E-state index contributed by atoms with van der Waals surface area (Å²) < 4.78 is 37.5. The molecule has 20 heavy (non-hydrogen) atoms. The molecule has 0 heterocycles. The SMILES string of the molecule is CSc1ccccc1C(O)c1ccc(C(F)(F)F)cc1. The molecule has 1 atom stereocenters. The van der Waals surface area contributed by atoms with Crippen LogP contribution in [0.15, 0.2) is 53.4 Å². The summed E-state index contributed by atoms with van der Waals surface area (Å²) in [5.41, 5.74) is 0.422. The third kappa shape index (κ3) is 3.16. The van der Waals surface area contributed by atoms with Crippen LogP contribution in [0.5, 0.6) is 0 Å². The van der Waals surface area contributed by atoms with E-state index in [1.165, 1.54) is 23.9 Å². The van der Waals surface area contributed by atoms with Crippen molar-refractivity contribution in [3.8, 4) is 0 Å². The molecule has 0 saturated heterocycles. The molecule has 0 aromatic heterocycles. The highest BCUT2D eigenvalue weighted by atomic mass is 32.2. The number of aliphatic hydroxyl groups is 1. The van der Waals surface area contributed by atoms with Gasteiger partial charge < -0.3 is 5.11 Å². The predicted octanol–water partition coefficient (Wildman–Crippen LogP) is 4.51. The second kappa shape index (κ2) is 5.89. The zero-order valence-corrected chi connectivity index (χ0v) is 11.5. The first kappa shape index (κ1) is 14.9. The second-order valence-electron chi connectivity index (χ2n) is 4.26. The van der Waals surface area contributed by atoms with Gasteiger partial charge in [-0.05, 0) is 35.6 Å². The zero-order valence-electron chi connectivity index (χ0n) is 10.7. The van der Waals surface area contributed by atoms with Gasteiger partial charge in [0.05, 0.1) is 5.56 Å². The van der Waals surface area contributed by atoms with Gasteiger partial charge in [-0.1, -0.05) is 30.3 Å². The molecular weight excluding hydrogens is 285 g/mol. The summed E-state index contributed by atoms with van der Waals surface area (Å²) in [6, 6.07) is 11.9. The van der Waals surface area contributed by atoms with Crippen molar-refractivity contribution in [2.75, 3.05) is 6.26 Å². The third-order valence-corrected chi connectivity index (χ3v) is 3.80. The van der Waals surface area contributed by atoms with Crippen LogP contribution in [0, 0.1) is 0 Å². The normalized spacial score (nSPS) is 13.2. The van der Waals surface area contributed by atoms with Crippen molar-refractivity contribution in [2.45, 2.75) is 17.2 Å². The monoisotopic (exact) mass is 298 g/mol. The molecule has 0 fully saturated rings. The summed E-state index contributed by atoms with van der Waals surface area (Å²) >= 11 is 1.49. The van der Waals surface area contributed by atoms with Crippen molar-refractivity contribution in [1.82, 2.24) is 0 Å². The fraction of sp³-hybridized carbons (Fsp3) is 0.200. The highest BCUT2D eigenvalue weighted by Crippen LogP contribution is 2.33. The molecule has 0 amide bonds. The van der Waals surface area contributed by atoms with E-state index in [9.17, 15) is 18.3 Å². The third-order valence-electron chi connectivity index (χ3n) is 2.99. The maximum Gasteiger partial charge on any atom is 0.416 e. The Balaban J connectivity index is 2.32. The zero-order chi connectivity index (χ0) is 14.8. The number of rotatable bonds is 3. The van der Waals surface area contributed by atoms with Gasteiger partial charge in [-0.15, -0.1) is 11.8 Å². The van der Waals surface area contributed by atoms with Crippen molar-refractivity contribution in [3.05, 3.63) is 65.2 Å². The molecule has 0 spiro atoms. The fourth-order valence-corrected chi connectivity index (χ4v) is 2.56. The summed E-state index contributed by atoms with van der Waals surface area (Å²) in [5.74, 6) is 0. The number of benzene rings is 2. The van der Waals surface area contributed by atoms with Gasteiger partial charge in [0.2, 0.25) is 0 Å². The molecule has 1 N–H and O–H groups in total. The quantitative estimate of drug-likeness (QED) is 0.841. The molecule has 0 bridgehead atoms. The van der Waals surface area contributed by atoms with E-state index in [-0.39, 0.29) is 0 Å². The van der Waals surface area contributed by atoms with Crippen molar-refractivity contribution in [2.24, 2.45) is 0 Å². The summed E-state index contributed by atoms with van der Waals surface area (Å²) in [6.45, 7) is 0. The van der Waals surface area contributed by atoms with Gasteiger partial charge in [0, 0.05) is 4.90 Å². The molecule has 0 saturated carbocycles. The average Bonchev–Trinajstić information content (AvgIpc) is 2.45. The predicted molar refractivity (Wildman–Crippen MR) is 73.7 cm³/mol. The Kier molecular flexibility index (Phi) is 4.40. The Hall–Kier alpha value is -1.46. The van der Waals surface area contributed by atoms with Crippen LogP contribution in [0.4, 0.5) is 13.2 Å². The lowest BCUT2D eigenvalue weighted by molar-refractivity contribution is -0.137. The number of thioether (sulfide) groups is 1. The van der Waals surface area contributed by atoms with Gasteiger partial charge in [0.15, 0.2) is 0 Å². The lowest BCUT2D eigenvalue weighted by Gasteiger charge is -2.15. The highest BCUT2D eigenvalue weighted by Gasteiger charge is 2.30. The lowest BCUT2D eigenvalue weighted by atomic mass is 10.0. The van der Waals surface area contributed by atoms with E-state index in [2.05, 4.69) is 0 Å². The highest BCUT2D eigenvalue weighted by molar-refractivity contribution is 7.98. The van der Waals surface area contributed by atoms with Gasteiger partial charge in [-0.2, -0.15) is 13.2 Å². The Morgan fingerprint density at radius 1 is 1.00 bits per heavy atom. The van der Waals surface area contributed by atoms with Crippen LogP contribution in [0.2, 0.25) is 0 Å². The van der Waals surface area contributed by atoms with Gasteiger partial charge >= 0.3 is 6.18 Å². The first-order chi connectivity index (χ1) is 9.43. The Labute approximate surface area is 119 Å². The standard InChI is InChI=1S/C15H13F3OS/c1-20-13-5-3-2-4-12(13)14(19)10-6-8-11(9-7-10)15(16,17)18/h2-9,14,19H,1H3. The smallest absolute Gasteiger partial charge is 0.384 e. The van der Waals surface area contributed by atoms with Gasteiger partial charge in [0.25, 0.3) is 0 Å². The van der Waals surface area contributed by atoms with E-state index in [1.807, 2.05) is 18.4 Å². The minimum Gasteiger partial charge on any atom is -0.384 e. The molecule has 106 valence electrons. The summed E-state index contributed by atoms with van der Waals surface area (Å²) in [4.78, 5) is 0.903. The average molecular weight is 298 g/mol. The van der Waals surface area contributed by atoms with E-state index >= 15 is 0 Å². The summed E-state index contributed by atoms with van der Waals surface area (Å²) in [5, 5.41) is 10.3. The van der Waals surface area contributed by atoms with Crippen LogP contribution >= 0.6 is 11.8 Å². The molecule has 0 aliphatic carbocycles. The molecular formula is C15H13F3OS. The number of alkyl halides is 3. The van der Waals surface area contributed by atoms with Crippen molar-refractivity contribution in [1.29, 1.82) is 0 Å². The summed E-state index contributed by atoms with van der Waals surface area (Å²) in [6.07, 6.45) is -3.40. The molecule has 0 radical (unpaired) electrons. The fourth-order valence-electron chi connectivity index (χ4n) is 1.93. The van der Waals surface area contributed by atoms with Gasteiger partial charge in [0.1, 0.15) is 6.10 Å². The molecule has 2 rings (SSSR count). The van der Waals surface area contributed by atoms with Crippen LogP contribution in [-0.2, 0) is 6.18 Å². The molecule has 1 nitrogen and oxygen atoms in total. The summed E-state index contributed by atoms with van der Waals surface area (Å²) in [7, 11) is 0.